The Morgan fingerprint density at radius 3 is 2.48 bits per heavy atom. The van der Waals surface area contributed by atoms with E-state index in [2.05, 4.69) is 17.4 Å². The van der Waals surface area contributed by atoms with Gasteiger partial charge in [-0.25, -0.2) is 0 Å². The zero-order valence-electron chi connectivity index (χ0n) is 17.4. The first-order valence-corrected chi connectivity index (χ1v) is 10.3. The minimum Gasteiger partial charge on any atom is -0.491 e. The van der Waals surface area contributed by atoms with Crippen molar-refractivity contribution in [3.05, 3.63) is 66.2 Å². The number of nitrogens with zero attached hydrogens (tertiary/aromatic N) is 1. The average Bonchev–Trinajstić information content (AvgIpc) is 2.67. The molecule has 1 saturated heterocycles. The summed E-state index contributed by atoms with van der Waals surface area (Å²) in [5.74, 6) is 0.734. The SMILES string of the molecule is CC(C)(Cc1ccccc1)NC(=O)CN1CCC[C@](O)(COc2ccccc2)C1. The van der Waals surface area contributed by atoms with Crippen molar-refractivity contribution >= 4 is 5.91 Å². The summed E-state index contributed by atoms with van der Waals surface area (Å²) in [5.41, 5.74) is -0.0716. The van der Waals surface area contributed by atoms with Gasteiger partial charge >= 0.3 is 0 Å². The molecule has 0 aromatic heterocycles. The third kappa shape index (κ3) is 6.87. The number of piperidine rings is 1. The molecule has 2 aromatic carbocycles. The Morgan fingerprint density at radius 1 is 1.14 bits per heavy atom. The Balaban J connectivity index is 1.49. The van der Waals surface area contributed by atoms with Crippen LogP contribution in [0.2, 0.25) is 0 Å². The number of likely N-dealkylation sites (tertiary alicyclic amines) is 1. The Labute approximate surface area is 173 Å². The van der Waals surface area contributed by atoms with Crippen LogP contribution in [-0.4, -0.2) is 53.3 Å². The third-order valence-corrected chi connectivity index (χ3v) is 5.22. The second-order valence-corrected chi connectivity index (χ2v) is 8.73. The van der Waals surface area contributed by atoms with Crippen molar-refractivity contribution in [1.29, 1.82) is 0 Å². The molecule has 1 heterocycles. The summed E-state index contributed by atoms with van der Waals surface area (Å²) in [4.78, 5) is 14.7. The molecule has 5 nitrogen and oxygen atoms in total. The molecule has 1 fully saturated rings. The lowest BCUT2D eigenvalue weighted by molar-refractivity contribution is -0.126. The van der Waals surface area contributed by atoms with Gasteiger partial charge in [-0.2, -0.15) is 0 Å². The number of β-amino-alcohol motifs (C(OH)–C–C–N with tert-alkyl or cyclic N) is 1. The highest BCUT2D eigenvalue weighted by atomic mass is 16.5. The molecule has 0 saturated carbocycles. The van der Waals surface area contributed by atoms with E-state index in [1.165, 1.54) is 5.56 Å². The standard InChI is InChI=1S/C24H32N2O3/c1-23(2,16-20-10-5-3-6-11-20)25-22(27)17-26-15-9-14-24(28,18-26)19-29-21-12-7-4-8-13-21/h3-8,10-13,28H,9,14-19H2,1-2H3,(H,25,27)/t24-/m1/s1. The van der Waals surface area contributed by atoms with E-state index in [1.807, 2.05) is 67.3 Å². The summed E-state index contributed by atoms with van der Waals surface area (Å²) in [6, 6.07) is 19.7. The van der Waals surface area contributed by atoms with Gasteiger partial charge in [0, 0.05) is 12.1 Å². The lowest BCUT2D eigenvalue weighted by Gasteiger charge is -2.39. The van der Waals surface area contributed by atoms with Crippen LogP contribution >= 0.6 is 0 Å². The largest absolute Gasteiger partial charge is 0.491 e. The molecule has 3 rings (SSSR count). The highest BCUT2D eigenvalue weighted by molar-refractivity contribution is 5.78. The van der Waals surface area contributed by atoms with Gasteiger partial charge in [0.25, 0.3) is 0 Å². The fraction of sp³-hybridized carbons (Fsp3) is 0.458. The molecule has 29 heavy (non-hydrogen) atoms. The number of carbonyl (C=O) groups is 1. The number of para-hydroxylation sites is 1. The van der Waals surface area contributed by atoms with E-state index in [9.17, 15) is 9.90 Å². The molecule has 0 radical (unpaired) electrons. The number of nitrogens with one attached hydrogen (secondary N) is 1. The van der Waals surface area contributed by atoms with Crippen LogP contribution in [0, 0.1) is 0 Å². The number of aliphatic hydroxyl groups is 1. The highest BCUT2D eigenvalue weighted by Crippen LogP contribution is 2.23. The maximum atomic E-state index is 12.6. The van der Waals surface area contributed by atoms with Crippen LogP contribution in [0.15, 0.2) is 60.7 Å². The molecule has 5 heteroatoms. The summed E-state index contributed by atoms with van der Waals surface area (Å²) in [6.45, 7) is 5.84. The van der Waals surface area contributed by atoms with Crippen molar-refractivity contribution in [2.24, 2.45) is 0 Å². The second-order valence-electron chi connectivity index (χ2n) is 8.73. The average molecular weight is 397 g/mol. The van der Waals surface area contributed by atoms with Gasteiger partial charge in [0.1, 0.15) is 18.0 Å². The van der Waals surface area contributed by atoms with Crippen molar-refractivity contribution in [2.75, 3.05) is 26.2 Å². The Hall–Kier alpha value is -2.37. The number of carbonyl (C=O) groups excluding carboxylic acids is 1. The summed E-state index contributed by atoms with van der Waals surface area (Å²) in [6.07, 6.45) is 2.29. The zero-order chi connectivity index (χ0) is 20.7. The Kier molecular flexibility index (Phi) is 6.93. The van der Waals surface area contributed by atoms with Gasteiger partial charge in [-0.1, -0.05) is 48.5 Å². The molecule has 1 amide bonds. The number of benzene rings is 2. The summed E-state index contributed by atoms with van der Waals surface area (Å²) in [7, 11) is 0. The monoisotopic (exact) mass is 396 g/mol. The van der Waals surface area contributed by atoms with Crippen molar-refractivity contribution in [3.8, 4) is 5.75 Å². The number of amides is 1. The molecule has 0 aliphatic carbocycles. The fourth-order valence-electron chi connectivity index (χ4n) is 3.96. The molecule has 156 valence electrons. The molecule has 1 aliphatic heterocycles. The number of ether oxygens (including phenoxy) is 1. The summed E-state index contributed by atoms with van der Waals surface area (Å²) >= 11 is 0. The van der Waals surface area contributed by atoms with E-state index in [4.69, 9.17) is 4.74 Å². The molecule has 0 spiro atoms. The minimum absolute atomic E-state index is 0.0147. The molecular formula is C24H32N2O3. The lowest BCUT2D eigenvalue weighted by Crippen LogP contribution is -2.55. The van der Waals surface area contributed by atoms with E-state index in [0.29, 0.717) is 13.0 Å². The van der Waals surface area contributed by atoms with E-state index in [1.54, 1.807) is 0 Å². The van der Waals surface area contributed by atoms with Gasteiger partial charge in [0.15, 0.2) is 0 Å². The van der Waals surface area contributed by atoms with Crippen molar-refractivity contribution in [1.82, 2.24) is 10.2 Å². The van der Waals surface area contributed by atoms with Crippen LogP contribution in [0.3, 0.4) is 0 Å². The van der Waals surface area contributed by atoms with Gasteiger partial charge in [-0.3, -0.25) is 9.69 Å². The molecule has 0 bridgehead atoms. The molecule has 1 aliphatic rings. The van der Waals surface area contributed by atoms with Gasteiger partial charge in [0.05, 0.1) is 6.54 Å². The van der Waals surface area contributed by atoms with Crippen molar-refractivity contribution < 1.29 is 14.6 Å². The number of rotatable bonds is 8. The fourth-order valence-corrected chi connectivity index (χ4v) is 3.96. The number of hydrogen-bond acceptors (Lipinski definition) is 4. The second kappa shape index (κ2) is 9.42. The minimum atomic E-state index is -0.937. The van der Waals surface area contributed by atoms with Crippen LogP contribution in [0.25, 0.3) is 0 Å². The van der Waals surface area contributed by atoms with E-state index < -0.39 is 5.60 Å². The first-order chi connectivity index (χ1) is 13.8. The molecule has 2 N–H and O–H groups in total. The summed E-state index contributed by atoms with van der Waals surface area (Å²) < 4.78 is 5.77. The topological polar surface area (TPSA) is 61.8 Å². The Bertz CT molecular complexity index is 779. The molecular weight excluding hydrogens is 364 g/mol. The van der Waals surface area contributed by atoms with E-state index in [-0.39, 0.29) is 24.6 Å². The predicted octanol–water partition coefficient (Wildman–Crippen LogP) is 3.03. The first kappa shape index (κ1) is 21.3. The van der Waals surface area contributed by atoms with E-state index in [0.717, 1.165) is 25.1 Å². The van der Waals surface area contributed by atoms with Gasteiger partial charge in [0.2, 0.25) is 5.91 Å². The quantitative estimate of drug-likeness (QED) is 0.720. The predicted molar refractivity (Wildman–Crippen MR) is 115 cm³/mol. The number of hydrogen-bond donors (Lipinski definition) is 2. The molecule has 2 aromatic rings. The molecule has 1 atom stereocenters. The Morgan fingerprint density at radius 2 is 1.79 bits per heavy atom. The van der Waals surface area contributed by atoms with Gasteiger partial charge in [-0.15, -0.1) is 0 Å². The van der Waals surface area contributed by atoms with Gasteiger partial charge in [-0.05, 0) is 57.4 Å². The maximum absolute atomic E-state index is 12.6. The normalized spacial score (nSPS) is 20.2. The first-order valence-electron chi connectivity index (χ1n) is 10.3. The van der Waals surface area contributed by atoms with Crippen molar-refractivity contribution in [3.63, 3.8) is 0 Å². The van der Waals surface area contributed by atoms with Crippen LogP contribution in [0.4, 0.5) is 0 Å². The van der Waals surface area contributed by atoms with Crippen LogP contribution in [-0.2, 0) is 11.2 Å². The third-order valence-electron chi connectivity index (χ3n) is 5.22. The van der Waals surface area contributed by atoms with E-state index >= 15 is 0 Å². The lowest BCUT2D eigenvalue weighted by atomic mass is 9.93. The maximum Gasteiger partial charge on any atom is 0.234 e. The summed E-state index contributed by atoms with van der Waals surface area (Å²) in [5, 5.41) is 14.1. The molecule has 0 unspecified atom stereocenters. The van der Waals surface area contributed by atoms with Crippen LogP contribution < -0.4 is 10.1 Å². The van der Waals surface area contributed by atoms with Crippen LogP contribution in [0.1, 0.15) is 32.3 Å². The van der Waals surface area contributed by atoms with Crippen molar-refractivity contribution in [2.45, 2.75) is 44.2 Å². The van der Waals surface area contributed by atoms with Crippen LogP contribution in [0.5, 0.6) is 5.75 Å². The zero-order valence-corrected chi connectivity index (χ0v) is 17.4. The highest BCUT2D eigenvalue weighted by Gasteiger charge is 2.35. The smallest absolute Gasteiger partial charge is 0.234 e. The van der Waals surface area contributed by atoms with Gasteiger partial charge < -0.3 is 15.2 Å².